The highest BCUT2D eigenvalue weighted by Gasteiger charge is 2.62. The summed E-state index contributed by atoms with van der Waals surface area (Å²) in [4.78, 5) is 10.9. The van der Waals surface area contributed by atoms with Gasteiger partial charge in [0.05, 0.1) is 23.6 Å². The van der Waals surface area contributed by atoms with E-state index in [4.69, 9.17) is 5.73 Å². The standard InChI is InChI=1S/C16H22Br2N2OP/c17-13-2-12(15(19)14(18)3-13)6-20-16-4-10-1-11(5-16)8-22(21,7-10)9-16/h2-3,10-11,20-21H,1,4-9,19H2/q+1. The SMILES string of the molecule is Nc1c(Br)cc(Br)cc1CNC12CC3CC(C1)C[P+](O)(C3)C2. The van der Waals surface area contributed by atoms with E-state index in [1.165, 1.54) is 19.3 Å². The molecule has 4 bridgehead atoms. The van der Waals surface area contributed by atoms with Gasteiger partial charge in [0.25, 0.3) is 0 Å². The quantitative estimate of drug-likeness (QED) is 0.484. The Morgan fingerprint density at radius 3 is 2.59 bits per heavy atom. The summed E-state index contributed by atoms with van der Waals surface area (Å²) in [6.07, 6.45) is 7.08. The fourth-order valence-electron chi connectivity index (χ4n) is 5.23. The zero-order chi connectivity index (χ0) is 15.5. The number of nitrogens with one attached hydrogen (secondary N) is 1. The molecule has 4 fully saturated rings. The lowest BCUT2D eigenvalue weighted by atomic mass is 9.71. The molecule has 2 unspecified atom stereocenters. The molecule has 3 heterocycles. The Morgan fingerprint density at radius 2 is 1.95 bits per heavy atom. The molecule has 5 rings (SSSR count). The Morgan fingerprint density at radius 1 is 1.27 bits per heavy atom. The van der Waals surface area contributed by atoms with Crippen molar-refractivity contribution in [2.24, 2.45) is 11.8 Å². The minimum Gasteiger partial charge on any atom is -0.398 e. The molecular weight excluding hydrogens is 427 g/mol. The lowest BCUT2D eigenvalue weighted by Gasteiger charge is -2.55. The van der Waals surface area contributed by atoms with Gasteiger partial charge in [-0.3, -0.25) is 4.89 Å². The second-order valence-electron chi connectivity index (χ2n) is 7.59. The molecule has 120 valence electrons. The third-order valence-corrected chi connectivity index (χ3v) is 10.4. The van der Waals surface area contributed by atoms with Crippen molar-refractivity contribution >= 4 is 45.0 Å². The molecule has 22 heavy (non-hydrogen) atoms. The third kappa shape index (κ3) is 2.77. The fourth-order valence-corrected chi connectivity index (χ4v) is 10.9. The largest absolute Gasteiger partial charge is 0.398 e. The van der Waals surface area contributed by atoms with Crippen molar-refractivity contribution in [2.45, 2.75) is 31.3 Å². The predicted molar refractivity (Wildman–Crippen MR) is 100 cm³/mol. The number of nitrogen functional groups attached to an aromatic ring is 1. The van der Waals surface area contributed by atoms with Crippen molar-refractivity contribution in [2.75, 3.05) is 24.2 Å². The molecule has 1 aromatic rings. The molecule has 0 radical (unpaired) electrons. The van der Waals surface area contributed by atoms with E-state index >= 15 is 0 Å². The number of hydrogen-bond acceptors (Lipinski definition) is 3. The van der Waals surface area contributed by atoms with Crippen LogP contribution >= 0.6 is 39.3 Å². The number of benzene rings is 1. The molecule has 4 N–H and O–H groups in total. The smallest absolute Gasteiger partial charge is 0.144 e. The summed E-state index contributed by atoms with van der Waals surface area (Å²) in [6.45, 7) is 0.781. The van der Waals surface area contributed by atoms with E-state index in [0.717, 1.165) is 57.1 Å². The van der Waals surface area contributed by atoms with Gasteiger partial charge in [-0.15, -0.1) is 0 Å². The molecule has 0 aromatic heterocycles. The average Bonchev–Trinajstić information content (AvgIpc) is 2.38. The molecule has 1 aromatic carbocycles. The first-order valence-electron chi connectivity index (χ1n) is 7.94. The summed E-state index contributed by atoms with van der Waals surface area (Å²) in [5.74, 6) is 1.50. The van der Waals surface area contributed by atoms with Gasteiger partial charge in [0.2, 0.25) is 0 Å². The van der Waals surface area contributed by atoms with Gasteiger partial charge in [-0.05, 0) is 64.7 Å². The third-order valence-electron chi connectivity index (χ3n) is 5.65. The fraction of sp³-hybridized carbons (Fsp3) is 0.625. The monoisotopic (exact) mass is 447 g/mol. The highest BCUT2D eigenvalue weighted by molar-refractivity contribution is 9.11. The lowest BCUT2D eigenvalue weighted by molar-refractivity contribution is 0.130. The molecular formula is C16H22Br2N2OP+. The van der Waals surface area contributed by atoms with E-state index in [2.05, 4.69) is 43.2 Å². The molecule has 1 aliphatic carbocycles. The normalized spacial score (nSPS) is 39.4. The van der Waals surface area contributed by atoms with Crippen molar-refractivity contribution in [1.82, 2.24) is 5.32 Å². The van der Waals surface area contributed by atoms with Crippen molar-refractivity contribution in [3.63, 3.8) is 0 Å². The summed E-state index contributed by atoms with van der Waals surface area (Å²) in [5.41, 5.74) is 8.31. The van der Waals surface area contributed by atoms with Gasteiger partial charge in [-0.2, -0.15) is 0 Å². The molecule has 3 saturated heterocycles. The number of anilines is 1. The first kappa shape index (κ1) is 15.8. The van der Waals surface area contributed by atoms with Crippen LogP contribution in [0.3, 0.4) is 0 Å². The molecule has 0 amide bonds. The van der Waals surface area contributed by atoms with Crippen LogP contribution in [0.1, 0.15) is 24.8 Å². The van der Waals surface area contributed by atoms with Crippen LogP contribution in [0.5, 0.6) is 0 Å². The molecule has 2 atom stereocenters. The van der Waals surface area contributed by atoms with E-state index in [1.54, 1.807) is 0 Å². The van der Waals surface area contributed by atoms with Gasteiger partial charge in [-0.25, -0.2) is 0 Å². The Balaban J connectivity index is 1.55. The summed E-state index contributed by atoms with van der Waals surface area (Å²) in [6, 6.07) is 4.08. The van der Waals surface area contributed by atoms with Crippen LogP contribution in [0.4, 0.5) is 5.69 Å². The molecule has 3 nitrogen and oxygen atoms in total. The average molecular weight is 449 g/mol. The molecule has 1 saturated carbocycles. The Bertz CT molecular complexity index is 610. The highest BCUT2D eigenvalue weighted by atomic mass is 79.9. The second kappa shape index (κ2) is 5.42. The molecule has 0 spiro atoms. The topological polar surface area (TPSA) is 58.3 Å². The highest BCUT2D eigenvalue weighted by Crippen LogP contribution is 2.71. The predicted octanol–water partition coefficient (Wildman–Crippen LogP) is 3.99. The lowest BCUT2D eigenvalue weighted by Crippen LogP contribution is -2.61. The number of nitrogens with two attached hydrogens (primary N) is 1. The van der Waals surface area contributed by atoms with Crippen molar-refractivity contribution in [3.05, 3.63) is 26.6 Å². The van der Waals surface area contributed by atoms with Crippen molar-refractivity contribution in [3.8, 4) is 0 Å². The number of rotatable bonds is 3. The second-order valence-corrected chi connectivity index (χ2v) is 12.6. The van der Waals surface area contributed by atoms with Gasteiger partial charge in [0.1, 0.15) is 13.7 Å². The van der Waals surface area contributed by atoms with Crippen LogP contribution in [0, 0.1) is 11.8 Å². The van der Waals surface area contributed by atoms with Crippen LogP contribution < -0.4 is 11.1 Å². The van der Waals surface area contributed by atoms with Gasteiger partial charge < -0.3 is 11.1 Å². The summed E-state index contributed by atoms with van der Waals surface area (Å²) in [5, 5.41) is 3.81. The molecule has 3 aliphatic heterocycles. The van der Waals surface area contributed by atoms with Crippen molar-refractivity contribution in [1.29, 1.82) is 0 Å². The molecule has 4 aliphatic rings. The first-order chi connectivity index (χ1) is 10.4. The van der Waals surface area contributed by atoms with E-state index in [9.17, 15) is 4.89 Å². The maximum absolute atomic E-state index is 10.9. The maximum Gasteiger partial charge on any atom is 0.144 e. The van der Waals surface area contributed by atoms with E-state index in [-0.39, 0.29) is 5.54 Å². The van der Waals surface area contributed by atoms with Crippen LogP contribution in [-0.4, -0.2) is 28.9 Å². The van der Waals surface area contributed by atoms with Crippen LogP contribution in [-0.2, 0) is 6.54 Å². The van der Waals surface area contributed by atoms with Gasteiger partial charge in [0.15, 0.2) is 0 Å². The zero-order valence-corrected chi connectivity index (χ0v) is 16.6. The maximum atomic E-state index is 10.9. The molecule has 6 heteroatoms. The summed E-state index contributed by atoms with van der Waals surface area (Å²) >= 11 is 7.06. The first-order valence-corrected chi connectivity index (χ1v) is 11.8. The number of halogens is 2. The minimum atomic E-state index is -1.65. The number of hydrogen-bond donors (Lipinski definition) is 3. The van der Waals surface area contributed by atoms with Gasteiger partial charge in [0, 0.05) is 15.5 Å². The van der Waals surface area contributed by atoms with Crippen LogP contribution in [0.2, 0.25) is 0 Å². The Hall–Kier alpha value is 0.330. The Labute approximate surface area is 149 Å². The Kier molecular flexibility index (Phi) is 3.90. The minimum absolute atomic E-state index is 0.161. The summed E-state index contributed by atoms with van der Waals surface area (Å²) < 4.78 is 1.98. The van der Waals surface area contributed by atoms with E-state index in [0.29, 0.717) is 0 Å². The van der Waals surface area contributed by atoms with Gasteiger partial charge >= 0.3 is 0 Å². The summed E-state index contributed by atoms with van der Waals surface area (Å²) in [7, 11) is -1.65. The van der Waals surface area contributed by atoms with Crippen LogP contribution in [0.25, 0.3) is 0 Å². The van der Waals surface area contributed by atoms with E-state index in [1.807, 2.05) is 6.07 Å². The van der Waals surface area contributed by atoms with E-state index < -0.39 is 7.49 Å². The van der Waals surface area contributed by atoms with Gasteiger partial charge in [-0.1, -0.05) is 15.9 Å². The van der Waals surface area contributed by atoms with Crippen LogP contribution in [0.15, 0.2) is 21.1 Å². The zero-order valence-electron chi connectivity index (χ0n) is 12.5. The van der Waals surface area contributed by atoms with Crippen molar-refractivity contribution < 1.29 is 4.89 Å².